The standard InChI is InChI=1S/C13H19N3O3/c1-13(2)18-7-9(19-13)6-16-11-4-3-8(12(15)17)5-10(11)14/h3-5,9,16H,6-7,14H2,1-2H3,(H2,15,17). The second-order valence-corrected chi connectivity index (χ2v) is 5.00. The molecule has 1 aromatic rings. The van der Waals surface area contributed by atoms with Crippen LogP contribution in [0.2, 0.25) is 0 Å². The molecule has 1 unspecified atom stereocenters. The maximum atomic E-state index is 11.0. The maximum Gasteiger partial charge on any atom is 0.248 e. The normalized spacial score (nSPS) is 21.3. The van der Waals surface area contributed by atoms with Crippen LogP contribution in [-0.2, 0) is 9.47 Å². The monoisotopic (exact) mass is 265 g/mol. The van der Waals surface area contributed by atoms with E-state index in [4.69, 9.17) is 20.9 Å². The van der Waals surface area contributed by atoms with Crippen LogP contribution in [0.15, 0.2) is 18.2 Å². The highest BCUT2D eigenvalue weighted by atomic mass is 16.7. The van der Waals surface area contributed by atoms with Gasteiger partial charge in [0, 0.05) is 12.1 Å². The van der Waals surface area contributed by atoms with E-state index in [-0.39, 0.29) is 6.10 Å². The zero-order chi connectivity index (χ0) is 14.0. The minimum absolute atomic E-state index is 0.0229. The van der Waals surface area contributed by atoms with Gasteiger partial charge in [0.1, 0.15) is 6.10 Å². The number of hydrogen-bond acceptors (Lipinski definition) is 5. The molecule has 1 aromatic carbocycles. The van der Waals surface area contributed by atoms with Crippen molar-refractivity contribution in [3.8, 4) is 0 Å². The number of ether oxygens (including phenoxy) is 2. The van der Waals surface area contributed by atoms with Gasteiger partial charge in [0.25, 0.3) is 0 Å². The molecule has 1 aliphatic rings. The Hall–Kier alpha value is -1.79. The van der Waals surface area contributed by atoms with Crippen molar-refractivity contribution in [2.24, 2.45) is 5.73 Å². The molecule has 1 atom stereocenters. The van der Waals surface area contributed by atoms with Gasteiger partial charge in [-0.05, 0) is 32.0 Å². The molecule has 1 fully saturated rings. The Bertz CT molecular complexity index is 488. The van der Waals surface area contributed by atoms with Crippen molar-refractivity contribution in [2.75, 3.05) is 24.2 Å². The highest BCUT2D eigenvalue weighted by Gasteiger charge is 2.32. The summed E-state index contributed by atoms with van der Waals surface area (Å²) in [6.45, 7) is 4.88. The van der Waals surface area contributed by atoms with E-state index in [0.717, 1.165) is 5.69 Å². The van der Waals surface area contributed by atoms with Crippen molar-refractivity contribution in [1.29, 1.82) is 0 Å². The Kier molecular flexibility index (Phi) is 3.64. The van der Waals surface area contributed by atoms with Gasteiger partial charge in [-0.25, -0.2) is 0 Å². The quantitative estimate of drug-likeness (QED) is 0.703. The lowest BCUT2D eigenvalue weighted by molar-refractivity contribution is -0.136. The Morgan fingerprint density at radius 2 is 2.26 bits per heavy atom. The van der Waals surface area contributed by atoms with Crippen LogP contribution in [0.3, 0.4) is 0 Å². The lowest BCUT2D eigenvalue weighted by atomic mass is 10.1. The van der Waals surface area contributed by atoms with Gasteiger partial charge < -0.3 is 26.3 Å². The van der Waals surface area contributed by atoms with Gasteiger partial charge in [-0.2, -0.15) is 0 Å². The van der Waals surface area contributed by atoms with Crippen LogP contribution in [0.4, 0.5) is 11.4 Å². The van der Waals surface area contributed by atoms with Crippen LogP contribution in [0, 0.1) is 0 Å². The largest absolute Gasteiger partial charge is 0.397 e. The lowest BCUT2D eigenvalue weighted by Crippen LogP contribution is -2.26. The molecule has 1 heterocycles. The summed E-state index contributed by atoms with van der Waals surface area (Å²) in [5, 5.41) is 3.18. The van der Waals surface area contributed by atoms with Crippen LogP contribution >= 0.6 is 0 Å². The summed E-state index contributed by atoms with van der Waals surface area (Å²) in [6, 6.07) is 4.92. The summed E-state index contributed by atoms with van der Waals surface area (Å²) in [7, 11) is 0. The molecular formula is C13H19N3O3. The summed E-state index contributed by atoms with van der Waals surface area (Å²) >= 11 is 0. The van der Waals surface area contributed by atoms with E-state index in [1.807, 2.05) is 13.8 Å². The number of nitrogen functional groups attached to an aromatic ring is 1. The van der Waals surface area contributed by atoms with Crippen molar-refractivity contribution in [1.82, 2.24) is 0 Å². The number of nitrogens with one attached hydrogen (secondary N) is 1. The van der Waals surface area contributed by atoms with Crippen LogP contribution in [0.25, 0.3) is 0 Å². The first-order valence-electron chi connectivity index (χ1n) is 6.12. The smallest absolute Gasteiger partial charge is 0.248 e. The number of primary amides is 1. The summed E-state index contributed by atoms with van der Waals surface area (Å²) in [4.78, 5) is 11.0. The van der Waals surface area contributed by atoms with E-state index in [9.17, 15) is 4.79 Å². The molecule has 0 spiro atoms. The van der Waals surface area contributed by atoms with E-state index >= 15 is 0 Å². The van der Waals surface area contributed by atoms with Gasteiger partial charge >= 0.3 is 0 Å². The Morgan fingerprint density at radius 3 is 2.79 bits per heavy atom. The first-order chi connectivity index (χ1) is 8.87. The predicted octanol–water partition coefficient (Wildman–Crippen LogP) is 0.931. The van der Waals surface area contributed by atoms with Crippen LogP contribution in [0.1, 0.15) is 24.2 Å². The van der Waals surface area contributed by atoms with Crippen LogP contribution < -0.4 is 16.8 Å². The molecule has 5 N–H and O–H groups in total. The maximum absolute atomic E-state index is 11.0. The van der Waals surface area contributed by atoms with Gasteiger partial charge in [0.15, 0.2) is 5.79 Å². The first-order valence-corrected chi connectivity index (χ1v) is 6.12. The van der Waals surface area contributed by atoms with Crippen LogP contribution in [-0.4, -0.2) is 30.9 Å². The zero-order valence-electron chi connectivity index (χ0n) is 11.1. The third-order valence-corrected chi connectivity index (χ3v) is 2.92. The fourth-order valence-electron chi connectivity index (χ4n) is 1.96. The highest BCUT2D eigenvalue weighted by molar-refractivity contribution is 5.94. The highest BCUT2D eigenvalue weighted by Crippen LogP contribution is 2.24. The molecular weight excluding hydrogens is 246 g/mol. The number of carbonyl (C=O) groups is 1. The number of amides is 1. The molecule has 19 heavy (non-hydrogen) atoms. The van der Waals surface area contributed by atoms with E-state index in [0.29, 0.717) is 24.4 Å². The Balaban J connectivity index is 1.95. The zero-order valence-corrected chi connectivity index (χ0v) is 11.1. The molecule has 1 aliphatic heterocycles. The number of carbonyl (C=O) groups excluding carboxylic acids is 1. The Morgan fingerprint density at radius 1 is 1.53 bits per heavy atom. The van der Waals surface area contributed by atoms with Crippen LogP contribution in [0.5, 0.6) is 0 Å². The molecule has 0 aliphatic carbocycles. The van der Waals surface area contributed by atoms with Gasteiger partial charge in [-0.15, -0.1) is 0 Å². The minimum atomic E-state index is -0.534. The SMILES string of the molecule is CC1(C)OCC(CNc2ccc(C(N)=O)cc2N)O1. The molecule has 0 bridgehead atoms. The van der Waals surface area contributed by atoms with Gasteiger partial charge in [-0.1, -0.05) is 0 Å². The van der Waals surface area contributed by atoms with Crippen molar-refractivity contribution in [2.45, 2.75) is 25.7 Å². The lowest BCUT2D eigenvalue weighted by Gasteiger charge is -2.18. The van der Waals surface area contributed by atoms with E-state index in [1.54, 1.807) is 18.2 Å². The summed E-state index contributed by atoms with van der Waals surface area (Å²) in [5.41, 5.74) is 12.7. The van der Waals surface area contributed by atoms with Crippen molar-refractivity contribution in [3.05, 3.63) is 23.8 Å². The van der Waals surface area contributed by atoms with Crippen molar-refractivity contribution < 1.29 is 14.3 Å². The molecule has 6 nitrogen and oxygen atoms in total. The number of nitrogens with two attached hydrogens (primary N) is 2. The number of benzene rings is 1. The fraction of sp³-hybridized carbons (Fsp3) is 0.462. The van der Waals surface area contributed by atoms with Gasteiger partial charge in [-0.3, -0.25) is 4.79 Å². The molecule has 1 amide bonds. The predicted molar refractivity (Wildman–Crippen MR) is 72.8 cm³/mol. The average molecular weight is 265 g/mol. The molecule has 104 valence electrons. The third kappa shape index (κ3) is 3.36. The summed E-state index contributed by atoms with van der Waals surface area (Å²) < 4.78 is 11.1. The minimum Gasteiger partial charge on any atom is -0.397 e. The third-order valence-electron chi connectivity index (χ3n) is 2.92. The summed E-state index contributed by atoms with van der Waals surface area (Å²) in [6.07, 6.45) is -0.0229. The molecule has 1 saturated heterocycles. The second kappa shape index (κ2) is 5.07. The molecule has 6 heteroatoms. The topological polar surface area (TPSA) is 99.6 Å². The number of hydrogen-bond donors (Lipinski definition) is 3. The van der Waals surface area contributed by atoms with Crippen molar-refractivity contribution >= 4 is 17.3 Å². The Labute approximate surface area is 112 Å². The van der Waals surface area contributed by atoms with E-state index in [2.05, 4.69) is 5.32 Å². The van der Waals surface area contributed by atoms with E-state index < -0.39 is 11.7 Å². The molecule has 0 radical (unpaired) electrons. The molecule has 0 aromatic heterocycles. The van der Waals surface area contributed by atoms with Gasteiger partial charge in [0.05, 0.1) is 18.0 Å². The van der Waals surface area contributed by atoms with E-state index in [1.165, 1.54) is 0 Å². The first kappa shape index (κ1) is 13.6. The number of anilines is 2. The second-order valence-electron chi connectivity index (χ2n) is 5.00. The van der Waals surface area contributed by atoms with Crippen molar-refractivity contribution in [3.63, 3.8) is 0 Å². The fourth-order valence-corrected chi connectivity index (χ4v) is 1.96. The molecule has 0 saturated carbocycles. The number of rotatable bonds is 4. The summed E-state index contributed by atoms with van der Waals surface area (Å²) in [5.74, 6) is -1.03. The van der Waals surface area contributed by atoms with Gasteiger partial charge in [0.2, 0.25) is 5.91 Å². The molecule has 2 rings (SSSR count). The average Bonchev–Trinajstić information content (AvgIpc) is 2.67.